The topological polar surface area (TPSA) is 43.1 Å². The van der Waals surface area contributed by atoms with Crippen LogP contribution in [0.5, 0.6) is 0 Å². The fraction of sp³-hybridized carbons (Fsp3) is 0.0714. The third-order valence-corrected chi connectivity index (χ3v) is 2.66. The Morgan fingerprint density at radius 2 is 1.63 bits per heavy atom. The molecule has 0 saturated carbocycles. The summed E-state index contributed by atoms with van der Waals surface area (Å²) in [5.74, 6) is -2.83. The molecule has 2 rings (SSSR count). The molecule has 0 amide bonds. The Kier molecular flexibility index (Phi) is 3.55. The van der Waals surface area contributed by atoms with Crippen molar-refractivity contribution >= 4 is 11.5 Å². The summed E-state index contributed by atoms with van der Waals surface area (Å²) in [5.41, 5.74) is 5.27. The van der Waals surface area contributed by atoms with E-state index in [4.69, 9.17) is 5.73 Å². The van der Waals surface area contributed by atoms with Gasteiger partial charge in [0.05, 0.1) is 11.3 Å². The third-order valence-electron chi connectivity index (χ3n) is 2.66. The number of hydrogen-bond donors (Lipinski definition) is 1. The molecule has 0 aliphatic heterocycles. The monoisotopic (exact) mass is 265 g/mol. The van der Waals surface area contributed by atoms with Crippen LogP contribution in [-0.4, -0.2) is 5.78 Å². The van der Waals surface area contributed by atoms with Crippen molar-refractivity contribution in [3.05, 3.63) is 65.0 Å². The van der Waals surface area contributed by atoms with E-state index in [1.807, 2.05) is 0 Å². The number of ketones is 1. The molecule has 2 N–H and O–H groups in total. The molecule has 5 heteroatoms. The van der Waals surface area contributed by atoms with Gasteiger partial charge in [-0.05, 0) is 23.8 Å². The van der Waals surface area contributed by atoms with Crippen LogP contribution in [0.2, 0.25) is 0 Å². The van der Waals surface area contributed by atoms with Crippen molar-refractivity contribution in [2.75, 3.05) is 5.73 Å². The zero-order valence-electron chi connectivity index (χ0n) is 9.79. The Morgan fingerprint density at radius 1 is 1.00 bits per heavy atom. The largest absolute Gasteiger partial charge is 0.396 e. The second kappa shape index (κ2) is 5.14. The van der Waals surface area contributed by atoms with E-state index in [0.29, 0.717) is 11.6 Å². The molecule has 2 aromatic carbocycles. The Morgan fingerprint density at radius 3 is 2.26 bits per heavy atom. The first-order valence-electron chi connectivity index (χ1n) is 5.49. The van der Waals surface area contributed by atoms with Gasteiger partial charge in [-0.2, -0.15) is 0 Å². The fourth-order valence-corrected chi connectivity index (χ4v) is 1.66. The van der Waals surface area contributed by atoms with Crippen molar-refractivity contribution in [1.82, 2.24) is 0 Å². The third kappa shape index (κ3) is 2.93. The second-order valence-corrected chi connectivity index (χ2v) is 4.08. The Bertz CT molecular complexity index is 623. The summed E-state index contributed by atoms with van der Waals surface area (Å²) in [4.78, 5) is 11.9. The Balaban J connectivity index is 2.25. The lowest BCUT2D eigenvalue weighted by Gasteiger charge is -2.05. The van der Waals surface area contributed by atoms with Gasteiger partial charge < -0.3 is 5.73 Å². The normalized spacial score (nSPS) is 10.5. The first-order chi connectivity index (χ1) is 8.97. The van der Waals surface area contributed by atoms with E-state index in [1.54, 1.807) is 0 Å². The highest BCUT2D eigenvalue weighted by atomic mass is 19.1. The van der Waals surface area contributed by atoms with Crippen LogP contribution in [0.25, 0.3) is 0 Å². The van der Waals surface area contributed by atoms with Gasteiger partial charge in [-0.15, -0.1) is 0 Å². The maximum Gasteiger partial charge on any atom is 0.170 e. The first-order valence-corrected chi connectivity index (χ1v) is 5.49. The number of carbonyl (C=O) groups is 1. The van der Waals surface area contributed by atoms with E-state index in [9.17, 15) is 18.0 Å². The average molecular weight is 265 g/mol. The molecule has 0 aromatic heterocycles. The van der Waals surface area contributed by atoms with Crippen LogP contribution < -0.4 is 5.73 Å². The molecule has 98 valence electrons. The molecule has 0 bridgehead atoms. The van der Waals surface area contributed by atoms with Gasteiger partial charge in [-0.25, -0.2) is 13.2 Å². The predicted octanol–water partition coefficient (Wildman–Crippen LogP) is 3.11. The van der Waals surface area contributed by atoms with Gasteiger partial charge in [-0.1, -0.05) is 12.1 Å². The quantitative estimate of drug-likeness (QED) is 0.684. The van der Waals surface area contributed by atoms with Crippen LogP contribution in [0.15, 0.2) is 36.4 Å². The van der Waals surface area contributed by atoms with Crippen molar-refractivity contribution in [2.45, 2.75) is 6.42 Å². The molecule has 0 radical (unpaired) electrons. The lowest BCUT2D eigenvalue weighted by Crippen LogP contribution is -2.08. The molecule has 0 spiro atoms. The number of anilines is 1. The molecular formula is C14H10F3NO. The molecule has 0 fully saturated rings. The number of hydrogen-bond acceptors (Lipinski definition) is 2. The summed E-state index contributed by atoms with van der Waals surface area (Å²) in [6.45, 7) is 0. The zero-order valence-corrected chi connectivity index (χ0v) is 9.79. The molecule has 2 aromatic rings. The minimum atomic E-state index is -0.959. The summed E-state index contributed by atoms with van der Waals surface area (Å²) < 4.78 is 39.2. The highest BCUT2D eigenvalue weighted by Crippen LogP contribution is 2.18. The fourth-order valence-electron chi connectivity index (χ4n) is 1.66. The van der Waals surface area contributed by atoms with E-state index < -0.39 is 23.2 Å². The van der Waals surface area contributed by atoms with E-state index in [2.05, 4.69) is 0 Å². The average Bonchev–Trinajstić information content (AvgIpc) is 2.36. The van der Waals surface area contributed by atoms with Crippen LogP contribution in [0, 0.1) is 17.5 Å². The van der Waals surface area contributed by atoms with Crippen LogP contribution >= 0.6 is 0 Å². The minimum Gasteiger partial charge on any atom is -0.396 e. The Hall–Kier alpha value is -2.30. The number of benzene rings is 2. The van der Waals surface area contributed by atoms with Gasteiger partial charge in [0, 0.05) is 12.5 Å². The van der Waals surface area contributed by atoms with Gasteiger partial charge in [0.25, 0.3) is 0 Å². The van der Waals surface area contributed by atoms with Crippen LogP contribution in [-0.2, 0) is 6.42 Å². The molecule has 0 aliphatic carbocycles. The number of nitrogens with two attached hydrogens (primary N) is 1. The van der Waals surface area contributed by atoms with Crippen LogP contribution in [0.3, 0.4) is 0 Å². The highest BCUT2D eigenvalue weighted by molar-refractivity contribution is 5.98. The van der Waals surface area contributed by atoms with Crippen molar-refractivity contribution < 1.29 is 18.0 Å². The first kappa shape index (κ1) is 13.1. The number of nitrogen functional groups attached to an aromatic ring is 1. The standard InChI is InChI=1S/C14H10F3NO/c15-9-3-1-8(2-4-9)5-14(19)10-6-13(18)12(17)7-11(10)16/h1-4,6-7H,5,18H2. The molecule has 2 nitrogen and oxygen atoms in total. The van der Waals surface area contributed by atoms with Crippen molar-refractivity contribution in [2.24, 2.45) is 0 Å². The maximum absolute atomic E-state index is 13.5. The minimum absolute atomic E-state index is 0.109. The number of Topliss-reactive ketones (excluding diaryl/α,β-unsaturated/α-hetero) is 1. The van der Waals surface area contributed by atoms with Gasteiger partial charge >= 0.3 is 0 Å². The summed E-state index contributed by atoms with van der Waals surface area (Å²) in [7, 11) is 0. The molecular weight excluding hydrogens is 255 g/mol. The molecule has 0 unspecified atom stereocenters. The molecule has 0 aliphatic rings. The van der Waals surface area contributed by atoms with Crippen molar-refractivity contribution in [3.63, 3.8) is 0 Å². The lowest BCUT2D eigenvalue weighted by atomic mass is 10.0. The summed E-state index contributed by atoms with van der Waals surface area (Å²) >= 11 is 0. The second-order valence-electron chi connectivity index (χ2n) is 4.08. The Labute approximate surface area is 107 Å². The van der Waals surface area contributed by atoms with Crippen LogP contribution in [0.4, 0.5) is 18.9 Å². The molecule has 19 heavy (non-hydrogen) atoms. The summed E-state index contributed by atoms with van der Waals surface area (Å²) in [5, 5.41) is 0. The predicted molar refractivity (Wildman–Crippen MR) is 65.2 cm³/mol. The van der Waals surface area contributed by atoms with Crippen molar-refractivity contribution in [3.8, 4) is 0 Å². The van der Waals surface area contributed by atoms with Crippen LogP contribution in [0.1, 0.15) is 15.9 Å². The SMILES string of the molecule is Nc1cc(C(=O)Cc2ccc(F)cc2)c(F)cc1F. The van der Waals surface area contributed by atoms with Gasteiger partial charge in [0.2, 0.25) is 0 Å². The van der Waals surface area contributed by atoms with Gasteiger partial charge in [0.1, 0.15) is 17.5 Å². The smallest absolute Gasteiger partial charge is 0.170 e. The van der Waals surface area contributed by atoms with Crippen molar-refractivity contribution in [1.29, 1.82) is 0 Å². The summed E-state index contributed by atoms with van der Waals surface area (Å²) in [6.07, 6.45) is -0.109. The molecule has 0 heterocycles. The van der Waals surface area contributed by atoms with Gasteiger partial charge in [-0.3, -0.25) is 4.79 Å². The van der Waals surface area contributed by atoms with E-state index in [1.165, 1.54) is 24.3 Å². The number of rotatable bonds is 3. The maximum atomic E-state index is 13.5. The van der Waals surface area contributed by atoms with E-state index in [-0.39, 0.29) is 17.7 Å². The zero-order chi connectivity index (χ0) is 14.0. The van der Waals surface area contributed by atoms with E-state index >= 15 is 0 Å². The molecule has 0 atom stereocenters. The molecule has 0 saturated heterocycles. The number of halogens is 3. The van der Waals surface area contributed by atoms with Gasteiger partial charge in [0.15, 0.2) is 5.78 Å². The highest BCUT2D eigenvalue weighted by Gasteiger charge is 2.15. The summed E-state index contributed by atoms with van der Waals surface area (Å²) in [6, 6.07) is 6.82. The lowest BCUT2D eigenvalue weighted by molar-refractivity contribution is 0.0989. The number of carbonyl (C=O) groups excluding carboxylic acids is 1. The van der Waals surface area contributed by atoms with E-state index in [0.717, 1.165) is 6.07 Å².